The Morgan fingerprint density at radius 2 is 2.22 bits per heavy atom. The number of nitrogens with one attached hydrogen (secondary N) is 1. The molecule has 0 spiro atoms. The number of halogens is 3. The molecule has 0 amide bonds. The highest BCUT2D eigenvalue weighted by Crippen LogP contribution is 2.20. The second kappa shape index (κ2) is 7.96. The van der Waals surface area contributed by atoms with E-state index in [1.165, 1.54) is 0 Å². The largest absolute Gasteiger partial charge is 0.411 e. The first-order chi connectivity index (χ1) is 8.53. The number of hydrogen-bond acceptors (Lipinski definition) is 3. The van der Waals surface area contributed by atoms with E-state index in [9.17, 15) is 13.2 Å². The van der Waals surface area contributed by atoms with Crippen LogP contribution in [0.1, 0.15) is 26.2 Å². The predicted octanol–water partition coefficient (Wildman–Crippen LogP) is 2.36. The SMILES string of the molecule is CCCNC(CCOCC(F)(F)F)C1CCOC1. The summed E-state index contributed by atoms with van der Waals surface area (Å²) in [4.78, 5) is 0. The van der Waals surface area contributed by atoms with Gasteiger partial charge >= 0.3 is 6.18 Å². The molecular formula is C12H22F3NO2. The summed E-state index contributed by atoms with van der Waals surface area (Å²) >= 11 is 0. The Balaban J connectivity index is 2.23. The van der Waals surface area contributed by atoms with E-state index >= 15 is 0 Å². The Labute approximate surface area is 106 Å². The lowest BCUT2D eigenvalue weighted by molar-refractivity contribution is -0.174. The molecule has 1 heterocycles. The van der Waals surface area contributed by atoms with Crippen LogP contribution in [-0.4, -0.2) is 45.2 Å². The summed E-state index contributed by atoms with van der Waals surface area (Å²) < 4.78 is 45.7. The first kappa shape index (κ1) is 15.7. The maximum absolute atomic E-state index is 11.9. The van der Waals surface area contributed by atoms with Crippen LogP contribution in [0.3, 0.4) is 0 Å². The molecule has 0 bridgehead atoms. The quantitative estimate of drug-likeness (QED) is 0.686. The highest BCUT2D eigenvalue weighted by atomic mass is 19.4. The Morgan fingerprint density at radius 1 is 1.44 bits per heavy atom. The van der Waals surface area contributed by atoms with E-state index in [0.29, 0.717) is 18.9 Å². The van der Waals surface area contributed by atoms with Crippen molar-refractivity contribution >= 4 is 0 Å². The van der Waals surface area contributed by atoms with E-state index in [2.05, 4.69) is 17.0 Å². The van der Waals surface area contributed by atoms with Gasteiger partial charge in [-0.1, -0.05) is 6.92 Å². The maximum Gasteiger partial charge on any atom is 0.411 e. The lowest BCUT2D eigenvalue weighted by atomic mass is 9.96. The van der Waals surface area contributed by atoms with Gasteiger partial charge in [-0.3, -0.25) is 0 Å². The average Bonchev–Trinajstić information content (AvgIpc) is 2.80. The highest BCUT2D eigenvalue weighted by molar-refractivity contribution is 4.79. The number of rotatable bonds is 8. The van der Waals surface area contributed by atoms with E-state index in [4.69, 9.17) is 4.74 Å². The topological polar surface area (TPSA) is 30.5 Å². The van der Waals surface area contributed by atoms with Crippen molar-refractivity contribution in [2.24, 2.45) is 5.92 Å². The van der Waals surface area contributed by atoms with Crippen LogP contribution in [0.4, 0.5) is 13.2 Å². The van der Waals surface area contributed by atoms with Gasteiger partial charge < -0.3 is 14.8 Å². The molecule has 1 N–H and O–H groups in total. The number of alkyl halides is 3. The molecule has 0 saturated carbocycles. The molecule has 1 aliphatic heterocycles. The molecule has 0 aliphatic carbocycles. The zero-order valence-electron chi connectivity index (χ0n) is 10.8. The first-order valence-corrected chi connectivity index (χ1v) is 6.48. The van der Waals surface area contributed by atoms with Crippen molar-refractivity contribution in [2.75, 3.05) is 33.0 Å². The molecule has 6 heteroatoms. The minimum Gasteiger partial charge on any atom is -0.381 e. The van der Waals surface area contributed by atoms with Gasteiger partial charge in [-0.05, 0) is 31.7 Å². The van der Waals surface area contributed by atoms with Crippen molar-refractivity contribution in [2.45, 2.75) is 38.4 Å². The minimum absolute atomic E-state index is 0.136. The predicted molar refractivity (Wildman–Crippen MR) is 62.5 cm³/mol. The molecule has 0 aromatic carbocycles. The fourth-order valence-electron chi connectivity index (χ4n) is 2.10. The Bertz CT molecular complexity index is 218. The fourth-order valence-corrected chi connectivity index (χ4v) is 2.10. The third-order valence-corrected chi connectivity index (χ3v) is 3.03. The standard InChI is InChI=1S/C12H22F3NO2/c1-2-5-16-11(10-3-6-17-8-10)4-7-18-9-12(13,14)15/h10-11,16H,2-9H2,1H3. The van der Waals surface area contributed by atoms with Crippen molar-refractivity contribution in [3.05, 3.63) is 0 Å². The fraction of sp³-hybridized carbons (Fsp3) is 1.00. The Kier molecular flexibility index (Phi) is 6.96. The van der Waals surface area contributed by atoms with E-state index in [1.807, 2.05) is 0 Å². The summed E-state index contributed by atoms with van der Waals surface area (Å²) in [7, 11) is 0. The molecule has 1 rings (SSSR count). The van der Waals surface area contributed by atoms with Crippen LogP contribution >= 0.6 is 0 Å². The zero-order valence-corrected chi connectivity index (χ0v) is 10.8. The summed E-state index contributed by atoms with van der Waals surface area (Å²) in [5, 5.41) is 3.37. The first-order valence-electron chi connectivity index (χ1n) is 6.48. The summed E-state index contributed by atoms with van der Waals surface area (Å²) in [6, 6.07) is 0.195. The molecule has 2 unspecified atom stereocenters. The van der Waals surface area contributed by atoms with E-state index in [-0.39, 0.29) is 12.6 Å². The monoisotopic (exact) mass is 269 g/mol. The molecule has 3 nitrogen and oxygen atoms in total. The molecule has 108 valence electrons. The summed E-state index contributed by atoms with van der Waals surface area (Å²) in [6.45, 7) is 3.36. The Morgan fingerprint density at radius 3 is 2.78 bits per heavy atom. The van der Waals surface area contributed by atoms with E-state index in [1.54, 1.807) is 0 Å². The molecule has 0 radical (unpaired) electrons. The number of hydrogen-bond donors (Lipinski definition) is 1. The van der Waals surface area contributed by atoms with Gasteiger partial charge in [-0.2, -0.15) is 13.2 Å². The molecule has 1 saturated heterocycles. The van der Waals surface area contributed by atoms with Gasteiger partial charge in [0.1, 0.15) is 6.61 Å². The third-order valence-electron chi connectivity index (χ3n) is 3.03. The van der Waals surface area contributed by atoms with Crippen LogP contribution in [0.5, 0.6) is 0 Å². The van der Waals surface area contributed by atoms with Gasteiger partial charge in [0, 0.05) is 19.3 Å². The summed E-state index contributed by atoms with van der Waals surface area (Å²) in [6.07, 6.45) is -1.65. The minimum atomic E-state index is -4.23. The molecular weight excluding hydrogens is 247 g/mol. The number of ether oxygens (including phenoxy) is 2. The van der Waals surface area contributed by atoms with Crippen LogP contribution in [0, 0.1) is 5.92 Å². The summed E-state index contributed by atoms with van der Waals surface area (Å²) in [5.74, 6) is 0.394. The van der Waals surface area contributed by atoms with Crippen molar-refractivity contribution in [1.29, 1.82) is 0 Å². The van der Waals surface area contributed by atoms with Crippen LogP contribution < -0.4 is 5.32 Å². The normalized spacial score (nSPS) is 22.3. The third kappa shape index (κ3) is 6.56. The average molecular weight is 269 g/mol. The van der Waals surface area contributed by atoms with Gasteiger partial charge in [0.05, 0.1) is 6.61 Å². The van der Waals surface area contributed by atoms with Crippen LogP contribution in [0.15, 0.2) is 0 Å². The lowest BCUT2D eigenvalue weighted by Crippen LogP contribution is -2.38. The lowest BCUT2D eigenvalue weighted by Gasteiger charge is -2.23. The smallest absolute Gasteiger partial charge is 0.381 e. The molecule has 0 aromatic heterocycles. The zero-order chi connectivity index (χ0) is 13.4. The van der Waals surface area contributed by atoms with Crippen molar-refractivity contribution in [3.8, 4) is 0 Å². The Hall–Kier alpha value is -0.330. The summed E-state index contributed by atoms with van der Waals surface area (Å²) in [5.41, 5.74) is 0. The van der Waals surface area contributed by atoms with E-state index < -0.39 is 12.8 Å². The highest BCUT2D eigenvalue weighted by Gasteiger charge is 2.28. The van der Waals surface area contributed by atoms with Gasteiger partial charge in [0.2, 0.25) is 0 Å². The van der Waals surface area contributed by atoms with Gasteiger partial charge in [-0.25, -0.2) is 0 Å². The molecule has 1 aliphatic rings. The van der Waals surface area contributed by atoms with Crippen molar-refractivity contribution < 1.29 is 22.6 Å². The van der Waals surface area contributed by atoms with Gasteiger partial charge in [0.25, 0.3) is 0 Å². The second-order valence-electron chi connectivity index (χ2n) is 4.64. The second-order valence-corrected chi connectivity index (χ2v) is 4.64. The van der Waals surface area contributed by atoms with Crippen LogP contribution in [0.25, 0.3) is 0 Å². The molecule has 2 atom stereocenters. The van der Waals surface area contributed by atoms with Crippen molar-refractivity contribution in [3.63, 3.8) is 0 Å². The molecule has 18 heavy (non-hydrogen) atoms. The molecule has 0 aromatic rings. The maximum atomic E-state index is 11.9. The van der Waals surface area contributed by atoms with E-state index in [0.717, 1.165) is 26.0 Å². The van der Waals surface area contributed by atoms with Crippen LogP contribution in [-0.2, 0) is 9.47 Å². The van der Waals surface area contributed by atoms with Crippen LogP contribution in [0.2, 0.25) is 0 Å². The molecule has 1 fully saturated rings. The van der Waals surface area contributed by atoms with Gasteiger partial charge in [-0.15, -0.1) is 0 Å². The van der Waals surface area contributed by atoms with Gasteiger partial charge in [0.15, 0.2) is 0 Å². The van der Waals surface area contributed by atoms with Crippen molar-refractivity contribution in [1.82, 2.24) is 5.32 Å².